The largest absolute Gasteiger partial charge is 0.493 e. The Morgan fingerprint density at radius 3 is 2.14 bits per heavy atom. The number of ether oxygens (including phenoxy) is 1. The van der Waals surface area contributed by atoms with Crippen molar-refractivity contribution in [1.29, 1.82) is 5.41 Å². The summed E-state index contributed by atoms with van der Waals surface area (Å²) in [7, 11) is 0. The van der Waals surface area contributed by atoms with Gasteiger partial charge in [0.2, 0.25) is 5.91 Å². The van der Waals surface area contributed by atoms with E-state index in [-0.39, 0.29) is 17.7 Å². The second-order valence-corrected chi connectivity index (χ2v) is 12.0. The lowest BCUT2D eigenvalue weighted by molar-refractivity contribution is -0.136. The molecule has 238 valence electrons. The maximum absolute atomic E-state index is 11.9. The van der Waals surface area contributed by atoms with Gasteiger partial charge in [0.15, 0.2) is 0 Å². The average molecular weight is 601 g/mol. The quantitative estimate of drug-likeness (QED) is 0.151. The van der Waals surface area contributed by atoms with Gasteiger partial charge in [0, 0.05) is 24.9 Å². The Morgan fingerprint density at radius 2 is 1.57 bits per heavy atom. The van der Waals surface area contributed by atoms with Crippen molar-refractivity contribution in [3.8, 4) is 16.9 Å². The minimum Gasteiger partial charge on any atom is -0.493 e. The maximum atomic E-state index is 11.9. The first-order valence-electron chi connectivity index (χ1n) is 16.0. The number of aryl methyl sites for hydroxylation is 2. The zero-order valence-corrected chi connectivity index (χ0v) is 27.8. The summed E-state index contributed by atoms with van der Waals surface area (Å²) in [5.74, 6) is 0.106. The van der Waals surface area contributed by atoms with Crippen molar-refractivity contribution in [2.24, 2.45) is 0 Å². The van der Waals surface area contributed by atoms with Gasteiger partial charge >= 0.3 is 5.97 Å². The highest BCUT2D eigenvalue weighted by Crippen LogP contribution is 2.29. The van der Waals surface area contributed by atoms with Gasteiger partial charge in [0.25, 0.3) is 0 Å². The number of carbonyl (C=O) groups excluding carboxylic acids is 1. The SMILES string of the molecule is CCCOc1cc(-c2cccc(CCCC(=N)N(CC)C(=O)CC)c2)ccc1CC(=O)O.CCc1ccc(C(C)(C)C)cc1. The van der Waals surface area contributed by atoms with Crippen molar-refractivity contribution < 1.29 is 19.4 Å². The number of amidine groups is 1. The zero-order valence-electron chi connectivity index (χ0n) is 27.8. The van der Waals surface area contributed by atoms with Crippen LogP contribution in [-0.2, 0) is 34.3 Å². The lowest BCUT2D eigenvalue weighted by Crippen LogP contribution is -2.35. The van der Waals surface area contributed by atoms with Crippen molar-refractivity contribution in [1.82, 2.24) is 4.90 Å². The number of rotatable bonds is 13. The van der Waals surface area contributed by atoms with Crippen molar-refractivity contribution in [2.75, 3.05) is 13.2 Å². The molecule has 0 radical (unpaired) electrons. The molecule has 0 atom stereocenters. The number of carboxylic acids is 1. The van der Waals surface area contributed by atoms with E-state index in [1.54, 1.807) is 4.90 Å². The summed E-state index contributed by atoms with van der Waals surface area (Å²) in [5.41, 5.74) is 6.97. The molecule has 0 spiro atoms. The second-order valence-electron chi connectivity index (χ2n) is 12.0. The number of hydrogen-bond donors (Lipinski definition) is 2. The Balaban J connectivity index is 0.000000469. The van der Waals surface area contributed by atoms with Crippen LogP contribution in [0.1, 0.15) is 96.4 Å². The third-order valence-electron chi connectivity index (χ3n) is 7.48. The number of nitrogens with one attached hydrogen (secondary N) is 1. The standard InChI is InChI=1S/C26H34N2O4.C12H18/c1-4-15-32-23-17-21(13-14-22(23)18-26(30)31)20-11-7-9-19(16-20)10-8-12-24(27)28(6-3)25(29)5-2;1-5-10-6-8-11(9-7-10)12(2,3)4/h7,9,11,13-14,16-17,27H,4-6,8,10,12,15,18H2,1-3H3,(H,30,31);6-9H,5H2,1-4H3. The molecule has 0 aliphatic rings. The molecule has 1 amide bonds. The molecular weight excluding hydrogens is 548 g/mol. The molecule has 0 unspecified atom stereocenters. The van der Waals surface area contributed by atoms with Crippen LogP contribution >= 0.6 is 0 Å². The summed E-state index contributed by atoms with van der Waals surface area (Å²) in [6.07, 6.45) is 4.48. The van der Waals surface area contributed by atoms with E-state index in [2.05, 4.69) is 64.1 Å². The van der Waals surface area contributed by atoms with Crippen LogP contribution in [0.4, 0.5) is 0 Å². The minimum atomic E-state index is -0.881. The maximum Gasteiger partial charge on any atom is 0.307 e. The third kappa shape index (κ3) is 11.6. The number of aliphatic carboxylic acids is 1. The van der Waals surface area contributed by atoms with Crippen molar-refractivity contribution in [3.63, 3.8) is 0 Å². The average Bonchev–Trinajstić information content (AvgIpc) is 3.00. The molecule has 0 aromatic heterocycles. The topological polar surface area (TPSA) is 90.7 Å². The zero-order chi connectivity index (χ0) is 32.7. The number of amides is 1. The van der Waals surface area contributed by atoms with Gasteiger partial charge in [-0.2, -0.15) is 0 Å². The molecule has 0 heterocycles. The molecule has 0 bridgehead atoms. The van der Waals surface area contributed by atoms with E-state index in [1.807, 2.05) is 51.1 Å². The van der Waals surface area contributed by atoms with Crippen LogP contribution in [0.15, 0.2) is 66.7 Å². The number of hydrogen-bond acceptors (Lipinski definition) is 4. The third-order valence-corrected chi connectivity index (χ3v) is 7.48. The molecule has 3 aromatic rings. The fourth-order valence-corrected chi connectivity index (χ4v) is 4.84. The smallest absolute Gasteiger partial charge is 0.307 e. The number of carboxylic acid groups (broad SMARTS) is 1. The highest BCUT2D eigenvalue weighted by Gasteiger charge is 2.15. The molecule has 6 heteroatoms. The van der Waals surface area contributed by atoms with E-state index in [9.17, 15) is 9.59 Å². The monoisotopic (exact) mass is 600 g/mol. The normalized spacial score (nSPS) is 10.9. The van der Waals surface area contributed by atoms with Gasteiger partial charge in [0.05, 0.1) is 13.0 Å². The van der Waals surface area contributed by atoms with Gasteiger partial charge in [-0.25, -0.2) is 0 Å². The predicted octanol–water partition coefficient (Wildman–Crippen LogP) is 8.87. The van der Waals surface area contributed by atoms with Crippen LogP contribution in [0.3, 0.4) is 0 Å². The van der Waals surface area contributed by atoms with E-state index in [4.69, 9.17) is 15.3 Å². The molecule has 2 N–H and O–H groups in total. The summed E-state index contributed by atoms with van der Waals surface area (Å²) in [4.78, 5) is 24.7. The van der Waals surface area contributed by atoms with Gasteiger partial charge in [0.1, 0.15) is 11.6 Å². The molecule has 0 fully saturated rings. The fraction of sp³-hybridized carbons (Fsp3) is 0.447. The summed E-state index contributed by atoms with van der Waals surface area (Å²) >= 11 is 0. The minimum absolute atomic E-state index is 0.00746. The van der Waals surface area contributed by atoms with Crippen molar-refractivity contribution in [3.05, 3.63) is 89.0 Å². The lowest BCUT2D eigenvalue weighted by atomic mass is 9.86. The van der Waals surface area contributed by atoms with E-state index in [1.165, 1.54) is 11.1 Å². The summed E-state index contributed by atoms with van der Waals surface area (Å²) < 4.78 is 5.81. The first-order valence-corrected chi connectivity index (χ1v) is 16.0. The van der Waals surface area contributed by atoms with Gasteiger partial charge in [-0.15, -0.1) is 0 Å². The highest BCUT2D eigenvalue weighted by atomic mass is 16.5. The molecule has 3 rings (SSSR count). The van der Waals surface area contributed by atoms with Crippen LogP contribution < -0.4 is 4.74 Å². The summed E-state index contributed by atoms with van der Waals surface area (Å²) in [6, 6.07) is 22.8. The Labute approximate surface area is 265 Å². The number of benzene rings is 3. The molecule has 0 saturated carbocycles. The van der Waals surface area contributed by atoms with Gasteiger partial charge in [-0.3, -0.25) is 15.0 Å². The van der Waals surface area contributed by atoms with Gasteiger partial charge in [-0.05, 0) is 71.9 Å². The first-order chi connectivity index (χ1) is 20.9. The van der Waals surface area contributed by atoms with Crippen LogP contribution in [0.25, 0.3) is 11.1 Å². The summed E-state index contributed by atoms with van der Waals surface area (Å²) in [6.45, 7) is 15.7. The van der Waals surface area contributed by atoms with Crippen LogP contribution in [0, 0.1) is 5.41 Å². The Hall–Kier alpha value is -3.93. The Morgan fingerprint density at radius 1 is 0.886 bits per heavy atom. The Bertz CT molecular complexity index is 1360. The van der Waals surface area contributed by atoms with Crippen LogP contribution in [0.5, 0.6) is 5.75 Å². The molecular formula is C38H52N2O4. The van der Waals surface area contributed by atoms with E-state index in [0.717, 1.165) is 42.4 Å². The van der Waals surface area contributed by atoms with Crippen LogP contribution in [-0.4, -0.2) is 40.9 Å². The molecule has 0 aliphatic heterocycles. The lowest BCUT2D eigenvalue weighted by Gasteiger charge is -2.21. The molecule has 0 saturated heterocycles. The first kappa shape index (κ1) is 36.3. The van der Waals surface area contributed by atoms with Crippen molar-refractivity contribution >= 4 is 17.7 Å². The number of nitrogens with zero attached hydrogens (tertiary/aromatic N) is 1. The van der Waals surface area contributed by atoms with Gasteiger partial charge < -0.3 is 14.7 Å². The van der Waals surface area contributed by atoms with E-state index >= 15 is 0 Å². The van der Waals surface area contributed by atoms with E-state index in [0.29, 0.717) is 43.1 Å². The predicted molar refractivity (Wildman–Crippen MR) is 182 cm³/mol. The second kappa shape index (κ2) is 18.0. The van der Waals surface area contributed by atoms with E-state index < -0.39 is 5.97 Å². The molecule has 6 nitrogen and oxygen atoms in total. The highest BCUT2D eigenvalue weighted by molar-refractivity contribution is 5.96. The fourth-order valence-electron chi connectivity index (χ4n) is 4.84. The molecule has 0 aliphatic carbocycles. The number of carbonyl (C=O) groups is 2. The Kier molecular flexibility index (Phi) is 14.8. The van der Waals surface area contributed by atoms with Crippen molar-refractivity contribution in [2.45, 2.75) is 98.8 Å². The molecule has 3 aromatic carbocycles. The van der Waals surface area contributed by atoms with Crippen LogP contribution in [0.2, 0.25) is 0 Å². The summed E-state index contributed by atoms with van der Waals surface area (Å²) in [5, 5.41) is 17.4. The van der Waals surface area contributed by atoms with Gasteiger partial charge in [-0.1, -0.05) is 102 Å². The molecule has 44 heavy (non-hydrogen) atoms.